The maximum Gasteiger partial charge on any atom is 0.325 e. The Labute approximate surface area is 112 Å². The molecule has 0 aliphatic heterocycles. The summed E-state index contributed by atoms with van der Waals surface area (Å²) in [6.07, 6.45) is 0. The van der Waals surface area contributed by atoms with Crippen LogP contribution >= 0.6 is 0 Å². The molecule has 0 atom stereocenters. The van der Waals surface area contributed by atoms with Crippen LogP contribution in [0, 0.1) is 0 Å². The van der Waals surface area contributed by atoms with Gasteiger partial charge in [-0.05, 0) is 6.92 Å². The Hall–Kier alpha value is -2.11. The van der Waals surface area contributed by atoms with Crippen LogP contribution in [0.4, 0.5) is 5.69 Å². The summed E-state index contributed by atoms with van der Waals surface area (Å²) in [7, 11) is 4.60. The van der Waals surface area contributed by atoms with Crippen LogP contribution in [0.5, 0.6) is 17.2 Å². The summed E-state index contributed by atoms with van der Waals surface area (Å²) in [5, 5.41) is 2.94. The van der Waals surface area contributed by atoms with Crippen molar-refractivity contribution in [3.63, 3.8) is 0 Å². The summed E-state index contributed by atoms with van der Waals surface area (Å²) in [6, 6.07) is 3.45. The number of benzene rings is 1. The van der Waals surface area contributed by atoms with E-state index in [0.29, 0.717) is 29.5 Å². The van der Waals surface area contributed by atoms with Gasteiger partial charge in [0.05, 0.1) is 27.9 Å². The van der Waals surface area contributed by atoms with Crippen molar-refractivity contribution in [1.29, 1.82) is 0 Å². The number of hydrogen-bond acceptors (Lipinski definition) is 6. The highest BCUT2D eigenvalue weighted by molar-refractivity contribution is 5.75. The molecule has 6 heteroatoms. The van der Waals surface area contributed by atoms with Crippen molar-refractivity contribution >= 4 is 11.7 Å². The second-order valence-electron chi connectivity index (χ2n) is 3.57. The van der Waals surface area contributed by atoms with Gasteiger partial charge in [-0.2, -0.15) is 0 Å². The molecule has 0 fully saturated rings. The molecule has 0 unspecified atom stereocenters. The van der Waals surface area contributed by atoms with Crippen LogP contribution < -0.4 is 19.5 Å². The molecule has 0 radical (unpaired) electrons. The number of carbonyl (C=O) groups excluding carboxylic acids is 1. The number of nitrogens with one attached hydrogen (secondary N) is 1. The minimum Gasteiger partial charge on any atom is -0.493 e. The van der Waals surface area contributed by atoms with Gasteiger partial charge in [0.1, 0.15) is 6.54 Å². The van der Waals surface area contributed by atoms with E-state index in [9.17, 15) is 4.79 Å². The molecule has 0 spiro atoms. The van der Waals surface area contributed by atoms with Gasteiger partial charge >= 0.3 is 5.97 Å². The SMILES string of the molecule is CCOC(=O)CNc1cc(OC)c(OC)c(OC)c1. The average Bonchev–Trinajstić information content (AvgIpc) is 2.44. The molecule has 1 N–H and O–H groups in total. The molecule has 0 heterocycles. The van der Waals surface area contributed by atoms with Crippen LogP contribution in [0.2, 0.25) is 0 Å². The first-order valence-electron chi connectivity index (χ1n) is 5.85. The quantitative estimate of drug-likeness (QED) is 0.760. The van der Waals surface area contributed by atoms with Gasteiger partial charge in [0, 0.05) is 17.8 Å². The van der Waals surface area contributed by atoms with Crippen molar-refractivity contribution in [3.05, 3.63) is 12.1 Å². The van der Waals surface area contributed by atoms with Crippen molar-refractivity contribution in [1.82, 2.24) is 0 Å². The molecular weight excluding hydrogens is 250 g/mol. The lowest BCUT2D eigenvalue weighted by molar-refractivity contribution is -0.140. The summed E-state index contributed by atoms with van der Waals surface area (Å²) in [4.78, 5) is 11.3. The smallest absolute Gasteiger partial charge is 0.325 e. The van der Waals surface area contributed by atoms with Gasteiger partial charge in [-0.3, -0.25) is 4.79 Å². The zero-order valence-corrected chi connectivity index (χ0v) is 11.6. The standard InChI is InChI=1S/C13H19NO5/c1-5-19-12(15)8-14-9-6-10(16-2)13(18-4)11(7-9)17-3/h6-7,14H,5,8H2,1-4H3. The molecule has 0 saturated heterocycles. The lowest BCUT2D eigenvalue weighted by Gasteiger charge is -2.14. The van der Waals surface area contributed by atoms with Crippen LogP contribution in [-0.4, -0.2) is 40.5 Å². The van der Waals surface area contributed by atoms with Crippen molar-refractivity contribution in [3.8, 4) is 17.2 Å². The first-order valence-corrected chi connectivity index (χ1v) is 5.85. The third-order valence-electron chi connectivity index (χ3n) is 2.41. The zero-order chi connectivity index (χ0) is 14.3. The minimum atomic E-state index is -0.323. The van der Waals surface area contributed by atoms with Crippen molar-refractivity contribution < 1.29 is 23.7 Å². The van der Waals surface area contributed by atoms with E-state index in [1.165, 1.54) is 21.3 Å². The molecule has 1 rings (SSSR count). The molecule has 0 saturated carbocycles. The minimum absolute atomic E-state index is 0.0759. The highest BCUT2D eigenvalue weighted by Gasteiger charge is 2.13. The van der Waals surface area contributed by atoms with E-state index in [1.807, 2.05) is 0 Å². The number of rotatable bonds is 7. The van der Waals surface area contributed by atoms with Gasteiger partial charge in [-0.15, -0.1) is 0 Å². The molecule has 106 valence electrons. The molecule has 1 aromatic carbocycles. The third-order valence-corrected chi connectivity index (χ3v) is 2.41. The topological polar surface area (TPSA) is 66.0 Å². The molecule has 0 aromatic heterocycles. The largest absolute Gasteiger partial charge is 0.493 e. The van der Waals surface area contributed by atoms with E-state index >= 15 is 0 Å². The van der Waals surface area contributed by atoms with Gasteiger partial charge in [0.15, 0.2) is 11.5 Å². The predicted molar refractivity (Wildman–Crippen MR) is 71.2 cm³/mol. The van der Waals surface area contributed by atoms with Crippen molar-refractivity contribution in [2.45, 2.75) is 6.92 Å². The first-order chi connectivity index (χ1) is 9.15. The normalized spacial score (nSPS) is 9.68. The van der Waals surface area contributed by atoms with Gasteiger partial charge in [0.2, 0.25) is 5.75 Å². The summed E-state index contributed by atoms with van der Waals surface area (Å²) < 4.78 is 20.5. The van der Waals surface area contributed by atoms with Crippen LogP contribution in [0.25, 0.3) is 0 Å². The lowest BCUT2D eigenvalue weighted by atomic mass is 10.2. The summed E-state index contributed by atoms with van der Waals surface area (Å²) in [5.74, 6) is 1.23. The summed E-state index contributed by atoms with van der Waals surface area (Å²) in [5.41, 5.74) is 0.683. The lowest BCUT2D eigenvalue weighted by Crippen LogP contribution is -2.16. The highest BCUT2D eigenvalue weighted by Crippen LogP contribution is 2.39. The maximum absolute atomic E-state index is 11.3. The van der Waals surface area contributed by atoms with E-state index in [4.69, 9.17) is 18.9 Å². The number of hydrogen-bond donors (Lipinski definition) is 1. The Kier molecular flexibility index (Phi) is 5.78. The number of anilines is 1. The molecule has 6 nitrogen and oxygen atoms in total. The Morgan fingerprint density at radius 1 is 1.11 bits per heavy atom. The Balaban J connectivity index is 2.87. The fraction of sp³-hybridized carbons (Fsp3) is 0.462. The monoisotopic (exact) mass is 269 g/mol. The first kappa shape index (κ1) is 14.9. The maximum atomic E-state index is 11.3. The molecular formula is C13H19NO5. The fourth-order valence-electron chi connectivity index (χ4n) is 1.57. The van der Waals surface area contributed by atoms with Crippen molar-refractivity contribution in [2.75, 3.05) is 39.8 Å². The van der Waals surface area contributed by atoms with Crippen LogP contribution in [0.3, 0.4) is 0 Å². The Bertz CT molecular complexity index is 408. The van der Waals surface area contributed by atoms with E-state index in [-0.39, 0.29) is 12.5 Å². The number of carbonyl (C=O) groups is 1. The van der Waals surface area contributed by atoms with Gasteiger partial charge < -0.3 is 24.3 Å². The van der Waals surface area contributed by atoms with Crippen LogP contribution in [-0.2, 0) is 9.53 Å². The second kappa shape index (κ2) is 7.35. The molecule has 0 aliphatic carbocycles. The molecule has 0 aliphatic rings. The van der Waals surface area contributed by atoms with E-state index in [0.717, 1.165) is 0 Å². The second-order valence-corrected chi connectivity index (χ2v) is 3.57. The van der Waals surface area contributed by atoms with Gasteiger partial charge in [0.25, 0.3) is 0 Å². The van der Waals surface area contributed by atoms with Crippen LogP contribution in [0.15, 0.2) is 12.1 Å². The van der Waals surface area contributed by atoms with Gasteiger partial charge in [-0.1, -0.05) is 0 Å². The molecule has 0 bridgehead atoms. The summed E-state index contributed by atoms with van der Waals surface area (Å²) in [6.45, 7) is 2.19. The van der Waals surface area contributed by atoms with Gasteiger partial charge in [-0.25, -0.2) is 0 Å². The van der Waals surface area contributed by atoms with E-state index in [1.54, 1.807) is 19.1 Å². The third kappa shape index (κ3) is 3.94. The molecule has 1 aromatic rings. The zero-order valence-electron chi connectivity index (χ0n) is 11.6. The predicted octanol–water partition coefficient (Wildman–Crippen LogP) is 1.69. The Morgan fingerprint density at radius 2 is 1.68 bits per heavy atom. The average molecular weight is 269 g/mol. The summed E-state index contributed by atoms with van der Waals surface area (Å²) >= 11 is 0. The van der Waals surface area contributed by atoms with E-state index < -0.39 is 0 Å². The highest BCUT2D eigenvalue weighted by atomic mass is 16.5. The van der Waals surface area contributed by atoms with Crippen molar-refractivity contribution in [2.24, 2.45) is 0 Å². The molecule has 19 heavy (non-hydrogen) atoms. The fourth-order valence-corrected chi connectivity index (χ4v) is 1.57. The number of ether oxygens (including phenoxy) is 4. The van der Waals surface area contributed by atoms with Crippen LogP contribution in [0.1, 0.15) is 6.92 Å². The van der Waals surface area contributed by atoms with E-state index in [2.05, 4.69) is 5.32 Å². The number of methoxy groups -OCH3 is 3. The Morgan fingerprint density at radius 3 is 2.11 bits per heavy atom. The molecule has 0 amide bonds. The number of esters is 1.